The molecule has 0 aliphatic heterocycles. The van der Waals surface area contributed by atoms with Crippen molar-refractivity contribution in [1.29, 1.82) is 0 Å². The van der Waals surface area contributed by atoms with Crippen LogP contribution in [0.1, 0.15) is 0 Å². The zero-order valence-corrected chi connectivity index (χ0v) is 13.7. The highest BCUT2D eigenvalue weighted by Crippen LogP contribution is 2.54. The zero-order valence-electron chi connectivity index (χ0n) is 4.22. The maximum atomic E-state index is 13.1. The summed E-state index contributed by atoms with van der Waals surface area (Å²) in [5, 5.41) is 0. The van der Waals surface area contributed by atoms with Gasteiger partial charge >= 0.3 is 0 Å². The average Bonchev–Trinajstić information content (AvgIpc) is 1.62. The Morgan fingerprint density at radius 3 is 1.30 bits per heavy atom. The molecule has 0 spiro atoms. The van der Waals surface area contributed by atoms with Crippen LogP contribution in [0.5, 0.6) is 0 Å². The second kappa shape index (κ2) is 4.35. The molecule has 0 aromatic rings. The van der Waals surface area contributed by atoms with E-state index in [2.05, 4.69) is 95.6 Å². The first-order valence-corrected chi connectivity index (χ1v) is 6.92. The lowest BCUT2D eigenvalue weighted by Gasteiger charge is -2.28. The van der Waals surface area contributed by atoms with Crippen LogP contribution in [0.25, 0.3) is 0 Å². The molecule has 62 valence electrons. The molecule has 0 saturated heterocycles. The normalized spacial score (nSPS) is 14.4. The molecule has 0 rings (SSSR count). The van der Waals surface area contributed by atoms with Gasteiger partial charge in [0, 0.05) is 0 Å². The van der Waals surface area contributed by atoms with Gasteiger partial charge in [-0.1, -0.05) is 63.7 Å². The summed E-state index contributed by atoms with van der Waals surface area (Å²) in [6, 6.07) is 0. The number of alkyl halides is 7. The highest BCUT2D eigenvalue weighted by Gasteiger charge is 2.49. The summed E-state index contributed by atoms with van der Waals surface area (Å²) in [6.45, 7) is 0. The van der Waals surface area contributed by atoms with E-state index >= 15 is 0 Å². The van der Waals surface area contributed by atoms with E-state index in [-0.39, 0.29) is 3.74 Å². The third-order valence-corrected chi connectivity index (χ3v) is 9.87. The molecule has 10 heavy (non-hydrogen) atoms. The molecule has 0 atom stereocenters. The Hall–Kier alpha value is 2.81. The molecule has 0 N–H and O–H groups in total. The Kier molecular flexibility index (Phi) is 5.57. The third-order valence-electron chi connectivity index (χ3n) is 0.652. The van der Waals surface area contributed by atoms with Gasteiger partial charge in [-0.05, 0) is 31.9 Å². The Morgan fingerprint density at radius 2 is 1.30 bits per heavy atom. The highest BCUT2D eigenvalue weighted by molar-refractivity contribution is 9.32. The van der Waals surface area contributed by atoms with E-state index < -0.39 is 6.72 Å². The van der Waals surface area contributed by atoms with Crippen LogP contribution in [0.15, 0.2) is 0 Å². The predicted molar refractivity (Wildman–Crippen MR) is 63.9 cm³/mol. The van der Waals surface area contributed by atoms with E-state index in [9.17, 15) is 4.39 Å². The summed E-state index contributed by atoms with van der Waals surface area (Å²) in [7, 11) is 0. The van der Waals surface area contributed by atoms with Gasteiger partial charge in [-0.3, -0.25) is 0 Å². The molecule has 0 fully saturated rings. The molecule has 0 aromatic carbocycles. The van der Waals surface area contributed by atoms with E-state index in [1.54, 1.807) is 0 Å². The van der Waals surface area contributed by atoms with Crippen molar-refractivity contribution in [2.45, 2.75) is 10.5 Å². The Bertz CT molecular complexity index is 115. The van der Waals surface area contributed by atoms with Crippen molar-refractivity contribution in [3.05, 3.63) is 0 Å². The molecule has 0 bridgehead atoms. The fraction of sp³-hybridized carbons (Fsp3) is 1.00. The lowest BCUT2D eigenvalue weighted by molar-refractivity contribution is 0.419. The smallest absolute Gasteiger partial charge is 0.216 e. The maximum absolute atomic E-state index is 13.1. The predicted octanol–water partition coefficient (Wildman–Crippen LogP) is 5.00. The molecular weight excluding hydrogens is 534 g/mol. The summed E-state index contributed by atoms with van der Waals surface area (Å²) in [5.74, 6) is 0. The highest BCUT2D eigenvalue weighted by atomic mass is 79.9. The van der Waals surface area contributed by atoms with Gasteiger partial charge in [0.05, 0.1) is 3.74 Å². The van der Waals surface area contributed by atoms with Gasteiger partial charge in [0.1, 0.15) is 0 Å². The van der Waals surface area contributed by atoms with Crippen LogP contribution >= 0.6 is 95.6 Å². The van der Waals surface area contributed by atoms with Crippen LogP contribution in [0, 0.1) is 0 Å². The number of halogens is 7. The first-order chi connectivity index (χ1) is 4.19. The van der Waals surface area contributed by atoms with Crippen LogP contribution < -0.4 is 0 Å². The molecule has 0 aliphatic rings. The molecule has 0 unspecified atom stereocenters. The van der Waals surface area contributed by atoms with E-state index in [1.807, 2.05) is 0 Å². The maximum Gasteiger partial charge on any atom is 0.245 e. The first-order valence-electron chi connectivity index (χ1n) is 1.92. The van der Waals surface area contributed by atoms with Crippen LogP contribution in [-0.4, -0.2) is 10.5 Å². The van der Waals surface area contributed by atoms with E-state index in [0.717, 1.165) is 0 Å². The summed E-state index contributed by atoms with van der Waals surface area (Å²) in [6.07, 6.45) is 0. The minimum atomic E-state index is -1.72. The Morgan fingerprint density at radius 1 is 1.00 bits per heavy atom. The van der Waals surface area contributed by atoms with Crippen molar-refractivity contribution in [1.82, 2.24) is 0 Å². The zero-order chi connectivity index (χ0) is 8.58. The van der Waals surface area contributed by atoms with Crippen LogP contribution in [0.2, 0.25) is 0 Å². The second-order valence-electron chi connectivity index (χ2n) is 1.42. The SMILES string of the molecule is FC(Br)(Br)C(Br)(Br)C(Br)Br. The van der Waals surface area contributed by atoms with Gasteiger partial charge < -0.3 is 0 Å². The molecular formula is C3HBr6F. The lowest BCUT2D eigenvalue weighted by atomic mass is 10.5. The molecule has 0 aliphatic carbocycles. The van der Waals surface area contributed by atoms with Crippen molar-refractivity contribution in [3.63, 3.8) is 0 Å². The fourth-order valence-electron chi connectivity index (χ4n) is 0.124. The van der Waals surface area contributed by atoms with E-state index in [4.69, 9.17) is 0 Å². The standard InChI is InChI=1S/C3HBr6F/c4-1(5)2(6,7)3(8,9)10/h1H. The van der Waals surface area contributed by atoms with Gasteiger partial charge in [-0.2, -0.15) is 0 Å². The van der Waals surface area contributed by atoms with Crippen molar-refractivity contribution < 1.29 is 4.39 Å². The number of hydrogen-bond donors (Lipinski definition) is 0. The van der Waals surface area contributed by atoms with Gasteiger partial charge in [0.25, 0.3) is 0 Å². The van der Waals surface area contributed by atoms with Gasteiger partial charge in [-0.15, -0.1) is 0 Å². The Balaban J connectivity index is 4.40. The minimum Gasteiger partial charge on any atom is -0.216 e. The number of rotatable bonds is 2. The summed E-state index contributed by atoms with van der Waals surface area (Å²) in [4.78, 5) is 0. The molecule has 7 heteroatoms. The average molecular weight is 535 g/mol. The second-order valence-corrected chi connectivity index (χ2v) is 11.3. The Labute approximate surface area is 109 Å². The molecule has 0 nitrogen and oxygen atoms in total. The topological polar surface area (TPSA) is 0 Å². The van der Waals surface area contributed by atoms with Gasteiger partial charge in [0.15, 0.2) is 3.23 Å². The van der Waals surface area contributed by atoms with Crippen molar-refractivity contribution in [2.75, 3.05) is 0 Å². The van der Waals surface area contributed by atoms with Crippen LogP contribution in [-0.2, 0) is 0 Å². The fourth-order valence-corrected chi connectivity index (χ4v) is 2.44. The van der Waals surface area contributed by atoms with Crippen LogP contribution in [0.3, 0.4) is 0 Å². The summed E-state index contributed by atoms with van der Waals surface area (Å²) < 4.78 is 10.2. The van der Waals surface area contributed by atoms with E-state index in [0.29, 0.717) is 0 Å². The van der Waals surface area contributed by atoms with E-state index in [1.165, 1.54) is 0 Å². The molecule has 0 radical (unpaired) electrons. The molecule has 0 amide bonds. The van der Waals surface area contributed by atoms with Crippen molar-refractivity contribution >= 4 is 95.6 Å². The summed E-state index contributed by atoms with van der Waals surface area (Å²) >= 11 is 18.1. The molecule has 0 saturated carbocycles. The molecule has 0 heterocycles. The van der Waals surface area contributed by atoms with Crippen molar-refractivity contribution in [2.24, 2.45) is 0 Å². The quantitative estimate of drug-likeness (QED) is 0.437. The lowest BCUT2D eigenvalue weighted by Crippen LogP contribution is -2.35. The third kappa shape index (κ3) is 3.28. The van der Waals surface area contributed by atoms with Gasteiger partial charge in [-0.25, -0.2) is 4.39 Å². The van der Waals surface area contributed by atoms with Gasteiger partial charge in [0.2, 0.25) is 3.49 Å². The summed E-state index contributed by atoms with van der Waals surface area (Å²) in [5.41, 5.74) is 0. The van der Waals surface area contributed by atoms with Crippen LogP contribution in [0.4, 0.5) is 4.39 Å². The van der Waals surface area contributed by atoms with Crippen molar-refractivity contribution in [3.8, 4) is 0 Å². The minimum absolute atomic E-state index is 0.253. The molecule has 0 aromatic heterocycles. The number of hydrogen-bond acceptors (Lipinski definition) is 0. The monoisotopic (exact) mass is 530 g/mol. The largest absolute Gasteiger partial charge is 0.245 e. The first kappa shape index (κ1) is 12.8.